The van der Waals surface area contributed by atoms with Gasteiger partial charge in [-0.25, -0.2) is 4.98 Å². The van der Waals surface area contributed by atoms with Gasteiger partial charge in [0.05, 0.1) is 0 Å². The molecule has 0 aliphatic carbocycles. The Morgan fingerprint density at radius 2 is 1.46 bits per heavy atom. The highest BCUT2D eigenvalue weighted by Crippen LogP contribution is 2.22. The SMILES string of the molecule is Cc1ccc(Nc2nc(C)cc(N3CCN(c4cccc(C)c4)CC3)n2)cc1. The third-order valence-electron chi connectivity index (χ3n) is 5.12. The van der Waals surface area contributed by atoms with Gasteiger partial charge in [0, 0.05) is 49.3 Å². The fourth-order valence-corrected chi connectivity index (χ4v) is 3.55. The molecule has 28 heavy (non-hydrogen) atoms. The second-order valence-corrected chi connectivity index (χ2v) is 7.50. The van der Waals surface area contributed by atoms with Crippen molar-refractivity contribution >= 4 is 23.1 Å². The molecule has 1 aromatic heterocycles. The summed E-state index contributed by atoms with van der Waals surface area (Å²) in [5.41, 5.74) is 5.83. The predicted octanol–water partition coefficient (Wildman–Crippen LogP) is 4.47. The van der Waals surface area contributed by atoms with Gasteiger partial charge in [-0.1, -0.05) is 29.8 Å². The summed E-state index contributed by atoms with van der Waals surface area (Å²) < 4.78 is 0. The summed E-state index contributed by atoms with van der Waals surface area (Å²) in [4.78, 5) is 14.1. The minimum atomic E-state index is 0.653. The zero-order valence-corrected chi connectivity index (χ0v) is 16.8. The Kier molecular flexibility index (Phi) is 5.15. The lowest BCUT2D eigenvalue weighted by atomic mass is 10.2. The summed E-state index contributed by atoms with van der Waals surface area (Å²) in [6.45, 7) is 10.1. The van der Waals surface area contributed by atoms with Crippen LogP contribution >= 0.6 is 0 Å². The highest BCUT2D eigenvalue weighted by atomic mass is 15.3. The maximum Gasteiger partial charge on any atom is 0.229 e. The van der Waals surface area contributed by atoms with Crippen molar-refractivity contribution in [2.75, 3.05) is 41.3 Å². The van der Waals surface area contributed by atoms with Gasteiger partial charge < -0.3 is 15.1 Å². The van der Waals surface area contributed by atoms with Gasteiger partial charge in [0.2, 0.25) is 5.95 Å². The first-order chi connectivity index (χ1) is 13.6. The molecular formula is C23H27N5. The molecule has 4 rings (SSSR count). The van der Waals surface area contributed by atoms with Crippen LogP contribution in [0.25, 0.3) is 0 Å². The summed E-state index contributed by atoms with van der Waals surface area (Å²) in [5, 5.41) is 3.33. The molecule has 0 bridgehead atoms. The van der Waals surface area contributed by atoms with Crippen molar-refractivity contribution in [2.24, 2.45) is 0 Å². The van der Waals surface area contributed by atoms with E-state index >= 15 is 0 Å². The molecule has 0 spiro atoms. The molecule has 1 fully saturated rings. The number of anilines is 4. The first-order valence-corrected chi connectivity index (χ1v) is 9.83. The van der Waals surface area contributed by atoms with E-state index in [9.17, 15) is 0 Å². The van der Waals surface area contributed by atoms with Crippen molar-refractivity contribution in [1.82, 2.24) is 9.97 Å². The lowest BCUT2D eigenvalue weighted by molar-refractivity contribution is 0.646. The summed E-state index contributed by atoms with van der Waals surface area (Å²) in [6, 6.07) is 19.1. The van der Waals surface area contributed by atoms with E-state index in [-0.39, 0.29) is 0 Å². The van der Waals surface area contributed by atoms with Gasteiger partial charge in [-0.2, -0.15) is 4.98 Å². The molecule has 1 aliphatic rings. The van der Waals surface area contributed by atoms with Crippen LogP contribution in [0.15, 0.2) is 54.6 Å². The number of hydrogen-bond acceptors (Lipinski definition) is 5. The second-order valence-electron chi connectivity index (χ2n) is 7.50. The maximum absolute atomic E-state index is 4.77. The quantitative estimate of drug-likeness (QED) is 0.731. The highest BCUT2D eigenvalue weighted by Gasteiger charge is 2.19. The van der Waals surface area contributed by atoms with Crippen LogP contribution in [-0.4, -0.2) is 36.1 Å². The molecule has 1 N–H and O–H groups in total. The topological polar surface area (TPSA) is 44.3 Å². The number of hydrogen-bond donors (Lipinski definition) is 1. The molecule has 3 aromatic rings. The van der Waals surface area contributed by atoms with Gasteiger partial charge in [0.25, 0.3) is 0 Å². The van der Waals surface area contributed by atoms with Gasteiger partial charge >= 0.3 is 0 Å². The molecule has 0 atom stereocenters. The molecule has 1 saturated heterocycles. The minimum Gasteiger partial charge on any atom is -0.368 e. The van der Waals surface area contributed by atoms with E-state index < -0.39 is 0 Å². The Labute approximate surface area is 167 Å². The number of piperazine rings is 1. The van der Waals surface area contributed by atoms with E-state index in [4.69, 9.17) is 4.98 Å². The summed E-state index contributed by atoms with van der Waals surface area (Å²) >= 11 is 0. The fourth-order valence-electron chi connectivity index (χ4n) is 3.55. The van der Waals surface area contributed by atoms with Crippen LogP contribution in [0, 0.1) is 20.8 Å². The van der Waals surface area contributed by atoms with Crippen LogP contribution in [0.1, 0.15) is 16.8 Å². The third-order valence-corrected chi connectivity index (χ3v) is 5.12. The van der Waals surface area contributed by atoms with Gasteiger partial charge in [0.15, 0.2) is 0 Å². The van der Waals surface area contributed by atoms with Crippen LogP contribution in [-0.2, 0) is 0 Å². The van der Waals surface area contributed by atoms with Crippen molar-refractivity contribution in [3.8, 4) is 0 Å². The molecule has 0 unspecified atom stereocenters. The number of rotatable bonds is 4. The zero-order valence-electron chi connectivity index (χ0n) is 16.8. The van der Waals surface area contributed by atoms with E-state index in [1.165, 1.54) is 16.8 Å². The van der Waals surface area contributed by atoms with E-state index in [2.05, 4.69) is 88.5 Å². The van der Waals surface area contributed by atoms with Crippen molar-refractivity contribution in [3.05, 3.63) is 71.4 Å². The van der Waals surface area contributed by atoms with E-state index in [0.717, 1.165) is 43.4 Å². The van der Waals surface area contributed by atoms with E-state index in [1.54, 1.807) is 0 Å². The second kappa shape index (κ2) is 7.89. The van der Waals surface area contributed by atoms with E-state index in [1.807, 2.05) is 6.92 Å². The minimum absolute atomic E-state index is 0.653. The number of nitrogens with one attached hydrogen (secondary N) is 1. The Hall–Kier alpha value is -3.08. The molecule has 1 aliphatic heterocycles. The Balaban J connectivity index is 1.46. The number of aromatic nitrogens is 2. The number of aryl methyl sites for hydroxylation is 3. The Morgan fingerprint density at radius 1 is 0.750 bits per heavy atom. The average Bonchev–Trinajstić information content (AvgIpc) is 2.69. The van der Waals surface area contributed by atoms with Crippen molar-refractivity contribution < 1.29 is 0 Å². The maximum atomic E-state index is 4.77. The third kappa shape index (κ3) is 4.25. The monoisotopic (exact) mass is 373 g/mol. The van der Waals surface area contributed by atoms with Crippen LogP contribution in [0.3, 0.4) is 0 Å². The largest absolute Gasteiger partial charge is 0.368 e. The summed E-state index contributed by atoms with van der Waals surface area (Å²) in [7, 11) is 0. The van der Waals surface area contributed by atoms with Gasteiger partial charge in [-0.05, 0) is 50.6 Å². The Bertz CT molecular complexity index is 943. The number of nitrogens with zero attached hydrogens (tertiary/aromatic N) is 4. The molecule has 0 amide bonds. The van der Waals surface area contributed by atoms with Crippen molar-refractivity contribution in [2.45, 2.75) is 20.8 Å². The van der Waals surface area contributed by atoms with Gasteiger partial charge in [0.1, 0.15) is 5.82 Å². The molecule has 2 heterocycles. The average molecular weight is 374 g/mol. The van der Waals surface area contributed by atoms with Crippen LogP contribution < -0.4 is 15.1 Å². The van der Waals surface area contributed by atoms with Crippen LogP contribution in [0.2, 0.25) is 0 Å². The van der Waals surface area contributed by atoms with Crippen molar-refractivity contribution in [3.63, 3.8) is 0 Å². The molecule has 0 saturated carbocycles. The molecule has 5 nitrogen and oxygen atoms in total. The summed E-state index contributed by atoms with van der Waals surface area (Å²) in [5.74, 6) is 1.64. The first-order valence-electron chi connectivity index (χ1n) is 9.83. The lowest BCUT2D eigenvalue weighted by Gasteiger charge is -2.37. The van der Waals surface area contributed by atoms with Crippen LogP contribution in [0.5, 0.6) is 0 Å². The zero-order chi connectivity index (χ0) is 19.5. The molecule has 5 heteroatoms. The smallest absolute Gasteiger partial charge is 0.229 e. The highest BCUT2D eigenvalue weighted by molar-refractivity contribution is 5.57. The molecule has 144 valence electrons. The number of benzene rings is 2. The standard InChI is InChI=1S/C23H27N5/c1-17-7-9-20(10-8-17)25-23-24-19(3)16-22(26-23)28-13-11-27(12-14-28)21-6-4-5-18(2)15-21/h4-10,15-16H,11-14H2,1-3H3,(H,24,25,26). The predicted molar refractivity (Wildman–Crippen MR) is 117 cm³/mol. The Morgan fingerprint density at radius 3 is 2.18 bits per heavy atom. The molecule has 0 radical (unpaired) electrons. The molecular weight excluding hydrogens is 346 g/mol. The molecule has 2 aromatic carbocycles. The van der Waals surface area contributed by atoms with Gasteiger partial charge in [-0.3, -0.25) is 0 Å². The van der Waals surface area contributed by atoms with Crippen LogP contribution in [0.4, 0.5) is 23.1 Å². The first kappa shape index (κ1) is 18.3. The normalized spacial score (nSPS) is 14.2. The fraction of sp³-hybridized carbons (Fsp3) is 0.304. The van der Waals surface area contributed by atoms with Gasteiger partial charge in [-0.15, -0.1) is 0 Å². The lowest BCUT2D eigenvalue weighted by Crippen LogP contribution is -2.47. The van der Waals surface area contributed by atoms with Crippen molar-refractivity contribution in [1.29, 1.82) is 0 Å². The van der Waals surface area contributed by atoms with E-state index in [0.29, 0.717) is 5.95 Å². The summed E-state index contributed by atoms with van der Waals surface area (Å²) in [6.07, 6.45) is 0.